The maximum Gasteiger partial charge on any atom is 0.407 e. The summed E-state index contributed by atoms with van der Waals surface area (Å²) >= 11 is 0. The first-order valence-corrected chi connectivity index (χ1v) is 11.5. The minimum atomic E-state index is -4.01. The van der Waals surface area contributed by atoms with E-state index >= 15 is 8.78 Å². The van der Waals surface area contributed by atoms with Crippen molar-refractivity contribution in [1.82, 2.24) is 10.2 Å². The summed E-state index contributed by atoms with van der Waals surface area (Å²) in [6, 6.07) is 13.7. The molecule has 0 heterocycles. The van der Waals surface area contributed by atoms with Crippen molar-refractivity contribution in [1.29, 1.82) is 0 Å². The van der Waals surface area contributed by atoms with Crippen LogP contribution < -0.4 is 5.32 Å². The molecule has 4 rings (SSSR count). The molecule has 2 aromatic carbocycles. The number of carboxylic acids is 1. The molecule has 2 aliphatic carbocycles. The number of rotatable bonds is 8. The van der Waals surface area contributed by atoms with E-state index in [0.29, 0.717) is 17.7 Å². The fourth-order valence-corrected chi connectivity index (χ4v) is 4.46. The van der Waals surface area contributed by atoms with E-state index in [2.05, 4.69) is 5.32 Å². The number of benzene rings is 2. The number of likely N-dealkylation sites (N-methyl/N-ethyl adjacent to an activating group) is 1. The highest BCUT2D eigenvalue weighted by Gasteiger charge is 2.57. The third-order valence-corrected chi connectivity index (χ3v) is 7.05. The Hall–Kier alpha value is -3.49. The van der Waals surface area contributed by atoms with Gasteiger partial charge in [-0.3, -0.25) is 4.79 Å². The van der Waals surface area contributed by atoms with E-state index in [0.717, 1.165) is 43.1 Å². The van der Waals surface area contributed by atoms with Gasteiger partial charge in [-0.05, 0) is 54.9 Å². The second-order valence-corrected chi connectivity index (χ2v) is 9.64. The zero-order chi connectivity index (χ0) is 25.5. The van der Waals surface area contributed by atoms with Crippen LogP contribution in [0.15, 0.2) is 48.5 Å². The number of carbonyl (C=O) groups is 3. The summed E-state index contributed by atoms with van der Waals surface area (Å²) in [5, 5.41) is 11.5. The maximum absolute atomic E-state index is 15.3. The number of carboxylic acid groups (broad SMARTS) is 1. The van der Waals surface area contributed by atoms with Gasteiger partial charge in [-0.2, -0.15) is 8.78 Å². The van der Waals surface area contributed by atoms with Crippen molar-refractivity contribution in [3.63, 3.8) is 0 Å². The van der Waals surface area contributed by atoms with Crippen molar-refractivity contribution in [3.8, 4) is 11.1 Å². The van der Waals surface area contributed by atoms with E-state index in [1.807, 2.05) is 48.5 Å². The number of halogens is 2. The van der Waals surface area contributed by atoms with Gasteiger partial charge in [-0.25, -0.2) is 9.59 Å². The predicted molar refractivity (Wildman–Crippen MR) is 124 cm³/mol. The number of alkyl halides is 2. The van der Waals surface area contributed by atoms with E-state index in [1.165, 1.54) is 0 Å². The van der Waals surface area contributed by atoms with Crippen molar-refractivity contribution >= 4 is 18.0 Å². The van der Waals surface area contributed by atoms with Crippen LogP contribution in [0.1, 0.15) is 43.7 Å². The van der Waals surface area contributed by atoms with Crippen LogP contribution in [0.3, 0.4) is 0 Å². The van der Waals surface area contributed by atoms with Gasteiger partial charge in [0.2, 0.25) is 0 Å². The Kier molecular flexibility index (Phi) is 6.29. The second-order valence-electron chi connectivity index (χ2n) is 9.64. The molecule has 1 unspecified atom stereocenters. The average molecular weight is 487 g/mol. The molecular formula is C26H28F2N2O5. The summed E-state index contributed by atoms with van der Waals surface area (Å²) in [6.07, 6.45) is -0.205. The molecule has 0 bridgehead atoms. The third kappa shape index (κ3) is 4.47. The molecule has 0 aliphatic heterocycles. The van der Waals surface area contributed by atoms with Gasteiger partial charge in [0, 0.05) is 13.0 Å². The monoisotopic (exact) mass is 486 g/mol. The van der Waals surface area contributed by atoms with Crippen LogP contribution in [0.5, 0.6) is 0 Å². The maximum atomic E-state index is 15.3. The zero-order valence-corrected chi connectivity index (χ0v) is 19.8. The van der Waals surface area contributed by atoms with Crippen LogP contribution >= 0.6 is 0 Å². The topological polar surface area (TPSA) is 95.9 Å². The van der Waals surface area contributed by atoms with Gasteiger partial charge in [0.15, 0.2) is 0 Å². The van der Waals surface area contributed by atoms with E-state index < -0.39 is 41.4 Å². The smallest absolute Gasteiger partial charge is 0.407 e. The normalized spacial score (nSPS) is 16.1. The minimum absolute atomic E-state index is 0.0529. The van der Waals surface area contributed by atoms with Gasteiger partial charge in [-0.15, -0.1) is 0 Å². The van der Waals surface area contributed by atoms with Gasteiger partial charge in [0.25, 0.3) is 5.91 Å². The Morgan fingerprint density at radius 2 is 1.57 bits per heavy atom. The first-order valence-electron chi connectivity index (χ1n) is 11.5. The summed E-state index contributed by atoms with van der Waals surface area (Å²) in [5.74, 6) is -7.93. The van der Waals surface area contributed by atoms with Crippen LogP contribution in [-0.4, -0.2) is 59.1 Å². The quantitative estimate of drug-likeness (QED) is 0.581. The van der Waals surface area contributed by atoms with Crippen LogP contribution in [0, 0.1) is 5.92 Å². The fraction of sp³-hybridized carbons (Fsp3) is 0.423. The van der Waals surface area contributed by atoms with Gasteiger partial charge in [0.1, 0.15) is 18.2 Å². The number of alkyl carbamates (subject to hydrolysis) is 1. The Labute approximate surface area is 202 Å². The molecule has 1 saturated carbocycles. The summed E-state index contributed by atoms with van der Waals surface area (Å²) in [7, 11) is 1.02. The SMILES string of the molecule is CN(C(=O)C(F)(F)C(NC(=O)OCC1c2ccccc2-c2ccccc21)C1CC1)C(C)(C)C(=O)O. The number of carbonyl (C=O) groups excluding carboxylic acids is 2. The molecule has 2 aliphatic rings. The Bertz CT molecular complexity index is 1120. The van der Waals surface area contributed by atoms with Crippen molar-refractivity contribution < 1.29 is 33.0 Å². The van der Waals surface area contributed by atoms with E-state index in [1.54, 1.807) is 0 Å². The molecular weight excluding hydrogens is 458 g/mol. The van der Waals surface area contributed by atoms with Gasteiger partial charge in [-0.1, -0.05) is 48.5 Å². The summed E-state index contributed by atoms with van der Waals surface area (Å²) in [6.45, 7) is 2.27. The van der Waals surface area contributed by atoms with Gasteiger partial charge >= 0.3 is 18.0 Å². The second kappa shape index (κ2) is 8.94. The molecule has 1 fully saturated rings. The van der Waals surface area contributed by atoms with Crippen molar-refractivity contribution in [2.45, 2.75) is 50.1 Å². The highest BCUT2D eigenvalue weighted by atomic mass is 19.3. The summed E-state index contributed by atoms with van der Waals surface area (Å²) < 4.78 is 35.9. The average Bonchev–Trinajstić information content (AvgIpc) is 3.62. The fourth-order valence-electron chi connectivity index (χ4n) is 4.46. The van der Waals surface area contributed by atoms with E-state index in [9.17, 15) is 19.5 Å². The molecule has 0 radical (unpaired) electrons. The van der Waals surface area contributed by atoms with E-state index in [4.69, 9.17) is 4.74 Å². The van der Waals surface area contributed by atoms with Crippen LogP contribution in [0.25, 0.3) is 11.1 Å². The molecule has 2 amide bonds. The minimum Gasteiger partial charge on any atom is -0.480 e. The van der Waals surface area contributed by atoms with Crippen LogP contribution in [0.2, 0.25) is 0 Å². The largest absolute Gasteiger partial charge is 0.480 e. The highest BCUT2D eigenvalue weighted by molar-refractivity contribution is 5.91. The number of hydrogen-bond acceptors (Lipinski definition) is 4. The molecule has 2 aromatic rings. The number of nitrogens with one attached hydrogen (secondary N) is 1. The number of fused-ring (bicyclic) bond motifs is 3. The molecule has 9 heteroatoms. The Balaban J connectivity index is 1.47. The summed E-state index contributed by atoms with van der Waals surface area (Å²) in [5.41, 5.74) is 2.19. The van der Waals surface area contributed by atoms with Crippen LogP contribution in [0.4, 0.5) is 13.6 Å². The molecule has 0 saturated heterocycles. The number of amides is 2. The van der Waals surface area contributed by atoms with Gasteiger partial charge < -0.3 is 20.1 Å². The standard InChI is InChI=1S/C26H28F2N2O5/c1-25(2,23(32)33)30(3)22(31)26(27,28)21(15-12-13-15)29-24(34)35-14-20-18-10-6-4-8-16(18)17-9-5-7-11-19(17)20/h4-11,15,20-21H,12-14H2,1-3H3,(H,29,34)(H,32,33). The molecule has 0 aromatic heterocycles. The first kappa shape index (κ1) is 24.6. The molecule has 7 nitrogen and oxygen atoms in total. The molecule has 186 valence electrons. The third-order valence-electron chi connectivity index (χ3n) is 7.05. The molecule has 1 atom stereocenters. The lowest BCUT2D eigenvalue weighted by Crippen LogP contribution is -2.62. The number of hydrogen-bond donors (Lipinski definition) is 2. The number of nitrogens with zero attached hydrogens (tertiary/aromatic N) is 1. The number of aliphatic carboxylic acids is 1. The Morgan fingerprint density at radius 3 is 2.06 bits per heavy atom. The van der Waals surface area contributed by atoms with Crippen molar-refractivity contribution in [2.75, 3.05) is 13.7 Å². The van der Waals surface area contributed by atoms with Crippen LogP contribution in [-0.2, 0) is 14.3 Å². The van der Waals surface area contributed by atoms with E-state index in [-0.39, 0.29) is 12.5 Å². The lowest BCUT2D eigenvalue weighted by molar-refractivity contribution is -0.173. The number of ether oxygens (including phenoxy) is 1. The summed E-state index contributed by atoms with van der Waals surface area (Å²) in [4.78, 5) is 37.2. The highest BCUT2D eigenvalue weighted by Crippen LogP contribution is 2.45. The lowest BCUT2D eigenvalue weighted by atomic mass is 9.98. The molecule has 2 N–H and O–H groups in total. The lowest BCUT2D eigenvalue weighted by Gasteiger charge is -2.36. The predicted octanol–water partition coefficient (Wildman–Crippen LogP) is 4.26. The first-order chi connectivity index (χ1) is 16.5. The Morgan fingerprint density at radius 1 is 1.06 bits per heavy atom. The molecule has 35 heavy (non-hydrogen) atoms. The van der Waals surface area contributed by atoms with Crippen molar-refractivity contribution in [2.24, 2.45) is 5.92 Å². The zero-order valence-electron chi connectivity index (χ0n) is 19.8. The molecule has 0 spiro atoms. The van der Waals surface area contributed by atoms with Crippen molar-refractivity contribution in [3.05, 3.63) is 59.7 Å². The van der Waals surface area contributed by atoms with Gasteiger partial charge in [0.05, 0.1) is 0 Å².